The van der Waals surface area contributed by atoms with Gasteiger partial charge in [0.1, 0.15) is 5.82 Å². The van der Waals surface area contributed by atoms with E-state index < -0.39 is 44.4 Å². The Balaban J connectivity index is 2.08. The number of fused-ring (bicyclic) bond motifs is 1. The van der Waals surface area contributed by atoms with Crippen molar-refractivity contribution in [1.29, 1.82) is 0 Å². The summed E-state index contributed by atoms with van der Waals surface area (Å²) in [5.74, 6) is -1.14. The highest BCUT2D eigenvalue weighted by molar-refractivity contribution is 7.92. The molecule has 2 heterocycles. The number of hydrogen-bond acceptors (Lipinski definition) is 4. The molecule has 11 heteroatoms. The molecule has 0 amide bonds. The zero-order valence-corrected chi connectivity index (χ0v) is 11.9. The van der Waals surface area contributed by atoms with Gasteiger partial charge in [-0.25, -0.2) is 21.9 Å². The summed E-state index contributed by atoms with van der Waals surface area (Å²) < 4.78 is 88.2. The quantitative estimate of drug-likeness (QED) is 0.779. The van der Waals surface area contributed by atoms with E-state index in [0.29, 0.717) is 0 Å². The summed E-state index contributed by atoms with van der Waals surface area (Å²) in [5.41, 5.74) is -5.33. The van der Waals surface area contributed by atoms with Crippen LogP contribution in [0, 0.1) is 5.82 Å². The Kier molecular flexibility index (Phi) is 3.43. The molecule has 0 N–H and O–H groups in total. The van der Waals surface area contributed by atoms with Gasteiger partial charge in [0.2, 0.25) is 0 Å². The molecule has 23 heavy (non-hydrogen) atoms. The van der Waals surface area contributed by atoms with E-state index in [9.17, 15) is 30.4 Å². The molecule has 3 rings (SSSR count). The number of hydrogen-bond donors (Lipinski definition) is 0. The molecule has 1 aliphatic heterocycles. The van der Waals surface area contributed by atoms with Crippen molar-refractivity contribution in [1.82, 2.24) is 14.8 Å². The van der Waals surface area contributed by atoms with Crippen LogP contribution < -0.4 is 0 Å². The number of rotatable bonds is 2. The van der Waals surface area contributed by atoms with Crippen LogP contribution in [0.1, 0.15) is 30.0 Å². The van der Waals surface area contributed by atoms with E-state index in [1.165, 1.54) is 12.1 Å². The van der Waals surface area contributed by atoms with Crippen LogP contribution in [-0.2, 0) is 9.84 Å². The van der Waals surface area contributed by atoms with E-state index in [1.54, 1.807) is 0 Å². The smallest absolute Gasteiger partial charge is 0.239 e. The number of aromatic nitrogens is 3. The molecule has 0 unspecified atom stereocenters. The Morgan fingerprint density at radius 1 is 1.26 bits per heavy atom. The highest BCUT2D eigenvalue weighted by Crippen LogP contribution is 2.40. The van der Waals surface area contributed by atoms with Crippen LogP contribution in [0.15, 0.2) is 29.4 Å². The Labute approximate surface area is 126 Å². The lowest BCUT2D eigenvalue weighted by Crippen LogP contribution is -2.25. The molecule has 0 aliphatic carbocycles. The van der Waals surface area contributed by atoms with Gasteiger partial charge < -0.3 is 0 Å². The van der Waals surface area contributed by atoms with Crippen LogP contribution in [0.3, 0.4) is 0 Å². The Morgan fingerprint density at radius 2 is 1.96 bits per heavy atom. The van der Waals surface area contributed by atoms with Crippen molar-refractivity contribution in [2.75, 3.05) is 0 Å². The molecular formula is C12H8F5N3O2S. The highest BCUT2D eigenvalue weighted by Gasteiger charge is 2.51. The maximum absolute atomic E-state index is 14.0. The van der Waals surface area contributed by atoms with Gasteiger partial charge in [-0.05, 0) is 17.7 Å². The minimum Gasteiger partial charge on any atom is -0.239 e. The van der Waals surface area contributed by atoms with Crippen molar-refractivity contribution in [2.24, 2.45) is 0 Å². The molecule has 0 radical (unpaired) electrons. The summed E-state index contributed by atoms with van der Waals surface area (Å²) >= 11 is 0. The third-order valence-electron chi connectivity index (χ3n) is 3.42. The van der Waals surface area contributed by atoms with Crippen molar-refractivity contribution in [3.63, 3.8) is 0 Å². The van der Waals surface area contributed by atoms with Crippen LogP contribution in [-0.4, -0.2) is 28.7 Å². The molecule has 5 nitrogen and oxygen atoms in total. The average Bonchev–Trinajstić information content (AvgIpc) is 2.99. The lowest BCUT2D eigenvalue weighted by atomic mass is 10.0. The second-order valence-corrected chi connectivity index (χ2v) is 6.76. The first-order valence-corrected chi connectivity index (χ1v) is 7.77. The van der Waals surface area contributed by atoms with Crippen molar-refractivity contribution in [3.8, 4) is 0 Å². The maximum Gasteiger partial charge on any atom is 0.505 e. The van der Waals surface area contributed by atoms with Gasteiger partial charge in [0.15, 0.2) is 12.0 Å². The second-order valence-electron chi connectivity index (χ2n) is 4.92. The van der Waals surface area contributed by atoms with Gasteiger partial charge in [0.05, 0.1) is 6.04 Å². The minimum absolute atomic E-state index is 0.217. The monoisotopic (exact) mass is 353 g/mol. The van der Waals surface area contributed by atoms with Gasteiger partial charge in [-0.3, -0.25) is 0 Å². The molecule has 1 aromatic heterocycles. The summed E-state index contributed by atoms with van der Waals surface area (Å²) in [6.07, 6.45) is -2.02. The third-order valence-corrected chi connectivity index (χ3v) is 4.69. The summed E-state index contributed by atoms with van der Waals surface area (Å²) in [7, 11) is -5.78. The van der Waals surface area contributed by atoms with E-state index >= 15 is 0 Å². The zero-order valence-electron chi connectivity index (χ0n) is 11.1. The topological polar surface area (TPSA) is 64.8 Å². The summed E-state index contributed by atoms with van der Waals surface area (Å²) in [6.45, 7) is 0. The fourth-order valence-electron chi connectivity index (χ4n) is 2.37. The largest absolute Gasteiger partial charge is 0.505 e. The zero-order chi connectivity index (χ0) is 17.0. The average molecular weight is 353 g/mol. The predicted octanol–water partition coefficient (Wildman–Crippen LogP) is 2.71. The number of sulfone groups is 1. The SMILES string of the molecule is O=S(=O)(c1nc2n(n1)[C@H](c1cccc(F)c1)C[C@@H]2F)C(F)(F)F. The molecule has 0 saturated heterocycles. The lowest BCUT2D eigenvalue weighted by molar-refractivity contribution is -0.0440. The van der Waals surface area contributed by atoms with Crippen LogP contribution in [0.25, 0.3) is 0 Å². The molecule has 124 valence electrons. The van der Waals surface area contributed by atoms with Crippen molar-refractivity contribution < 1.29 is 30.4 Å². The molecule has 0 saturated carbocycles. The molecular weight excluding hydrogens is 345 g/mol. The van der Waals surface area contributed by atoms with Crippen LogP contribution >= 0.6 is 0 Å². The van der Waals surface area contributed by atoms with Gasteiger partial charge in [0, 0.05) is 6.42 Å². The van der Waals surface area contributed by atoms with Crippen molar-refractivity contribution in [3.05, 3.63) is 41.5 Å². The number of nitrogens with zero attached hydrogens (tertiary/aromatic N) is 3. The predicted molar refractivity (Wildman–Crippen MR) is 66.3 cm³/mol. The first kappa shape index (κ1) is 15.8. The Bertz CT molecular complexity index is 862. The van der Waals surface area contributed by atoms with Gasteiger partial charge in [-0.2, -0.15) is 18.2 Å². The standard InChI is InChI=1S/C12H8F5N3O2S/c13-7-3-1-2-6(4-7)9-5-8(14)10-18-11(19-20(9)10)23(21,22)12(15,16)17/h1-4,8-9H,5H2/t8-,9-/m0/s1. The second kappa shape index (κ2) is 4.98. The van der Waals surface area contributed by atoms with Gasteiger partial charge in [0.25, 0.3) is 5.16 Å². The Morgan fingerprint density at radius 3 is 2.57 bits per heavy atom. The van der Waals surface area contributed by atoms with Gasteiger partial charge >= 0.3 is 15.3 Å². The lowest BCUT2D eigenvalue weighted by Gasteiger charge is -2.11. The van der Waals surface area contributed by atoms with E-state index in [1.807, 2.05) is 0 Å². The first-order chi connectivity index (χ1) is 10.6. The van der Waals surface area contributed by atoms with Gasteiger partial charge in [-0.1, -0.05) is 12.1 Å². The maximum atomic E-state index is 14.0. The molecule has 0 fully saturated rings. The fraction of sp³-hybridized carbons (Fsp3) is 0.333. The third kappa shape index (κ3) is 2.48. The van der Waals surface area contributed by atoms with E-state index in [2.05, 4.69) is 10.1 Å². The number of halogens is 5. The Hall–Kier alpha value is -2.04. The summed E-state index contributed by atoms with van der Waals surface area (Å²) in [4.78, 5) is 3.18. The van der Waals surface area contributed by atoms with Crippen LogP contribution in [0.2, 0.25) is 0 Å². The van der Waals surface area contributed by atoms with Crippen LogP contribution in [0.5, 0.6) is 0 Å². The fourth-order valence-corrected chi connectivity index (χ4v) is 2.98. The summed E-state index contributed by atoms with van der Waals surface area (Å²) in [5, 5.41) is 1.79. The molecule has 2 atom stereocenters. The van der Waals surface area contributed by atoms with E-state index in [-0.39, 0.29) is 12.0 Å². The number of alkyl halides is 4. The van der Waals surface area contributed by atoms with E-state index in [4.69, 9.17) is 0 Å². The highest BCUT2D eigenvalue weighted by atomic mass is 32.2. The van der Waals surface area contributed by atoms with Crippen molar-refractivity contribution in [2.45, 2.75) is 29.3 Å². The molecule has 0 bridgehead atoms. The first-order valence-electron chi connectivity index (χ1n) is 6.28. The summed E-state index contributed by atoms with van der Waals surface area (Å²) in [6, 6.07) is 4.08. The molecule has 1 aromatic carbocycles. The molecule has 2 aromatic rings. The van der Waals surface area contributed by atoms with Crippen LogP contribution in [0.4, 0.5) is 22.0 Å². The number of benzene rings is 1. The minimum atomic E-state index is -5.78. The van der Waals surface area contributed by atoms with Gasteiger partial charge in [-0.15, -0.1) is 5.10 Å². The van der Waals surface area contributed by atoms with Crippen molar-refractivity contribution >= 4 is 9.84 Å². The van der Waals surface area contributed by atoms with E-state index in [0.717, 1.165) is 16.8 Å². The molecule has 0 spiro atoms. The normalized spacial score (nSPS) is 21.4. The molecule has 1 aliphatic rings.